The van der Waals surface area contributed by atoms with Gasteiger partial charge in [0.1, 0.15) is 0 Å². The number of carbonyl (C=O) groups is 1. The fraction of sp³-hybridized carbons (Fsp3) is 0.762. The molecule has 144 valence electrons. The van der Waals surface area contributed by atoms with Gasteiger partial charge in [-0.1, -0.05) is 50.8 Å². The molecule has 1 aliphatic carbocycles. The van der Waals surface area contributed by atoms with Crippen LogP contribution in [0.15, 0.2) is 23.8 Å². The number of rotatable bonds is 12. The fourth-order valence-corrected chi connectivity index (χ4v) is 3.60. The first-order chi connectivity index (χ1) is 12.2. The summed E-state index contributed by atoms with van der Waals surface area (Å²) in [4.78, 5) is 12.2. The van der Waals surface area contributed by atoms with Gasteiger partial charge in [0.2, 0.25) is 0 Å². The van der Waals surface area contributed by atoms with E-state index in [0.717, 1.165) is 64.2 Å². The van der Waals surface area contributed by atoms with Crippen molar-refractivity contribution in [1.29, 1.82) is 0 Å². The van der Waals surface area contributed by atoms with Crippen molar-refractivity contribution in [3.05, 3.63) is 23.8 Å². The third kappa shape index (κ3) is 7.74. The first kappa shape index (κ1) is 21.9. The predicted molar refractivity (Wildman–Crippen MR) is 101 cm³/mol. The van der Waals surface area contributed by atoms with E-state index in [9.17, 15) is 9.90 Å². The smallest absolute Gasteiger partial charge is 0.333 e. The van der Waals surface area contributed by atoms with E-state index in [4.69, 9.17) is 9.84 Å². The number of aliphatic hydroxyl groups excluding tert-OH is 2. The molecule has 25 heavy (non-hydrogen) atoms. The highest BCUT2D eigenvalue weighted by Crippen LogP contribution is 2.39. The van der Waals surface area contributed by atoms with Crippen LogP contribution in [0.2, 0.25) is 0 Å². The lowest BCUT2D eigenvalue weighted by atomic mass is 9.86. The minimum Gasteiger partial charge on any atom is -0.466 e. The van der Waals surface area contributed by atoms with Gasteiger partial charge in [-0.3, -0.25) is 0 Å². The zero-order valence-electron chi connectivity index (χ0n) is 16.0. The maximum atomic E-state index is 12.2. The number of carbonyl (C=O) groups excluding carboxylic acids is 1. The molecule has 1 saturated carbocycles. The highest BCUT2D eigenvalue weighted by atomic mass is 16.5. The van der Waals surface area contributed by atoms with E-state index in [-0.39, 0.29) is 24.4 Å². The highest BCUT2D eigenvalue weighted by Gasteiger charge is 2.38. The number of allylic oxidation sites excluding steroid dienone is 3. The van der Waals surface area contributed by atoms with Crippen LogP contribution < -0.4 is 0 Å². The van der Waals surface area contributed by atoms with Crippen molar-refractivity contribution in [1.82, 2.24) is 0 Å². The fourth-order valence-electron chi connectivity index (χ4n) is 3.60. The van der Waals surface area contributed by atoms with Crippen molar-refractivity contribution in [3.63, 3.8) is 0 Å². The Labute approximate surface area is 153 Å². The third-order valence-electron chi connectivity index (χ3n) is 5.04. The molecule has 0 bridgehead atoms. The summed E-state index contributed by atoms with van der Waals surface area (Å²) in [7, 11) is 1.41. The Morgan fingerprint density at radius 3 is 2.56 bits per heavy atom. The first-order valence-electron chi connectivity index (χ1n) is 9.89. The standard InChI is InChI=1S/C21H36O4/c1-3-4-9-13-18(21(24)25-2)20-17(14-15-19(20)23)12-10-7-5-6-8-11-16-22/h10,12-13,17,19-20,22-23H,3-9,11,14-16H2,1-2H3/t17-,19-,20?/m1/s1. The number of unbranched alkanes of at least 4 members (excludes halogenated alkanes) is 6. The van der Waals surface area contributed by atoms with Gasteiger partial charge in [-0.2, -0.15) is 0 Å². The molecule has 1 aliphatic rings. The van der Waals surface area contributed by atoms with Crippen molar-refractivity contribution in [2.45, 2.75) is 77.2 Å². The van der Waals surface area contributed by atoms with Crippen LogP contribution in [0.4, 0.5) is 0 Å². The van der Waals surface area contributed by atoms with Crippen LogP contribution in [0, 0.1) is 11.8 Å². The monoisotopic (exact) mass is 352 g/mol. The average molecular weight is 353 g/mol. The second-order valence-corrected chi connectivity index (χ2v) is 6.98. The van der Waals surface area contributed by atoms with E-state index in [1.54, 1.807) is 0 Å². The van der Waals surface area contributed by atoms with Gasteiger partial charge in [0.25, 0.3) is 0 Å². The number of esters is 1. The summed E-state index contributed by atoms with van der Waals surface area (Å²) < 4.78 is 4.97. The average Bonchev–Trinajstić information content (AvgIpc) is 2.98. The van der Waals surface area contributed by atoms with Crippen LogP contribution in [0.25, 0.3) is 0 Å². The summed E-state index contributed by atoms with van der Waals surface area (Å²) >= 11 is 0. The Kier molecular flexibility index (Phi) is 11.5. The van der Waals surface area contributed by atoms with Gasteiger partial charge in [-0.25, -0.2) is 4.79 Å². The van der Waals surface area contributed by atoms with Crippen LogP contribution in [-0.4, -0.2) is 36.0 Å². The Morgan fingerprint density at radius 1 is 1.12 bits per heavy atom. The molecule has 3 atom stereocenters. The minimum absolute atomic E-state index is 0.144. The number of methoxy groups -OCH3 is 1. The van der Waals surface area contributed by atoms with Gasteiger partial charge in [0, 0.05) is 18.1 Å². The molecule has 1 fully saturated rings. The molecule has 0 aliphatic heterocycles. The summed E-state index contributed by atoms with van der Waals surface area (Å²) in [6.07, 6.45) is 15.7. The quantitative estimate of drug-likeness (QED) is 0.239. The molecule has 0 heterocycles. The van der Waals surface area contributed by atoms with Crippen molar-refractivity contribution < 1.29 is 19.7 Å². The second kappa shape index (κ2) is 13.1. The Bertz CT molecular complexity index is 428. The molecule has 0 amide bonds. The summed E-state index contributed by atoms with van der Waals surface area (Å²) in [6, 6.07) is 0. The van der Waals surface area contributed by atoms with E-state index in [0.29, 0.717) is 5.57 Å². The van der Waals surface area contributed by atoms with Crippen LogP contribution in [0.5, 0.6) is 0 Å². The molecule has 1 rings (SSSR count). The highest BCUT2D eigenvalue weighted by molar-refractivity contribution is 5.89. The lowest BCUT2D eigenvalue weighted by Gasteiger charge is -2.22. The SMILES string of the molecule is CCCCC=C(C(=O)OC)C1[C@H](O)CC[C@H]1C=CCCCCCCO. The first-order valence-corrected chi connectivity index (χ1v) is 9.89. The van der Waals surface area contributed by atoms with Crippen molar-refractivity contribution >= 4 is 5.97 Å². The van der Waals surface area contributed by atoms with Crippen LogP contribution in [-0.2, 0) is 9.53 Å². The van der Waals surface area contributed by atoms with E-state index in [1.165, 1.54) is 7.11 Å². The summed E-state index contributed by atoms with van der Waals surface area (Å²) in [5.74, 6) is -0.237. The third-order valence-corrected chi connectivity index (χ3v) is 5.04. The van der Waals surface area contributed by atoms with Gasteiger partial charge < -0.3 is 14.9 Å². The Morgan fingerprint density at radius 2 is 1.88 bits per heavy atom. The predicted octanol–water partition coefficient (Wildman–Crippen LogP) is 4.16. The largest absolute Gasteiger partial charge is 0.466 e. The Balaban J connectivity index is 2.65. The number of ether oxygens (including phenoxy) is 1. The molecular formula is C21H36O4. The molecule has 0 radical (unpaired) electrons. The molecular weight excluding hydrogens is 316 g/mol. The van der Waals surface area contributed by atoms with Crippen molar-refractivity contribution in [2.24, 2.45) is 11.8 Å². The zero-order valence-corrected chi connectivity index (χ0v) is 16.0. The topological polar surface area (TPSA) is 66.8 Å². The van der Waals surface area contributed by atoms with E-state index in [1.807, 2.05) is 6.08 Å². The normalized spacial score (nSPS) is 24.2. The molecule has 0 saturated heterocycles. The lowest BCUT2D eigenvalue weighted by Crippen LogP contribution is -2.26. The number of hydrogen-bond donors (Lipinski definition) is 2. The van der Waals surface area contributed by atoms with Gasteiger partial charge in [0.05, 0.1) is 13.2 Å². The van der Waals surface area contributed by atoms with Crippen LogP contribution in [0.3, 0.4) is 0 Å². The number of aliphatic hydroxyl groups is 2. The molecule has 4 heteroatoms. The second-order valence-electron chi connectivity index (χ2n) is 6.98. The zero-order chi connectivity index (χ0) is 18.5. The van der Waals surface area contributed by atoms with Crippen molar-refractivity contribution in [3.8, 4) is 0 Å². The summed E-state index contributed by atoms with van der Waals surface area (Å²) in [5.41, 5.74) is 0.651. The van der Waals surface area contributed by atoms with Crippen LogP contribution >= 0.6 is 0 Å². The molecule has 1 unspecified atom stereocenters. The Hall–Kier alpha value is -1.13. The molecule has 0 spiro atoms. The molecule has 0 aromatic heterocycles. The minimum atomic E-state index is -0.466. The number of hydrogen-bond acceptors (Lipinski definition) is 4. The maximum absolute atomic E-state index is 12.2. The van der Waals surface area contributed by atoms with Crippen molar-refractivity contribution in [2.75, 3.05) is 13.7 Å². The maximum Gasteiger partial charge on any atom is 0.333 e. The van der Waals surface area contributed by atoms with Gasteiger partial charge in [0.15, 0.2) is 0 Å². The van der Waals surface area contributed by atoms with E-state index >= 15 is 0 Å². The van der Waals surface area contributed by atoms with E-state index < -0.39 is 6.10 Å². The molecule has 0 aromatic carbocycles. The lowest BCUT2D eigenvalue weighted by molar-refractivity contribution is -0.137. The van der Waals surface area contributed by atoms with Gasteiger partial charge in [-0.05, 0) is 44.4 Å². The van der Waals surface area contributed by atoms with Gasteiger partial charge in [-0.15, -0.1) is 0 Å². The van der Waals surface area contributed by atoms with E-state index in [2.05, 4.69) is 19.1 Å². The molecule has 0 aromatic rings. The summed E-state index contributed by atoms with van der Waals surface area (Å²) in [6.45, 7) is 2.40. The summed E-state index contributed by atoms with van der Waals surface area (Å²) in [5, 5.41) is 19.2. The van der Waals surface area contributed by atoms with Crippen LogP contribution in [0.1, 0.15) is 71.1 Å². The molecule has 4 nitrogen and oxygen atoms in total. The van der Waals surface area contributed by atoms with Gasteiger partial charge >= 0.3 is 5.97 Å². The molecule has 2 N–H and O–H groups in total.